The minimum absolute atomic E-state index is 0.411. The van der Waals surface area contributed by atoms with Gasteiger partial charge in [0.05, 0.1) is 0 Å². The van der Waals surface area contributed by atoms with Crippen LogP contribution < -0.4 is 11.1 Å². The maximum atomic E-state index is 5.55. The zero-order valence-corrected chi connectivity index (χ0v) is 10.9. The average Bonchev–Trinajstić information content (AvgIpc) is 2.32. The highest BCUT2D eigenvalue weighted by Gasteiger charge is 2.14. The number of hydrogen-bond acceptors (Lipinski definition) is 3. The first-order chi connectivity index (χ1) is 7.70. The van der Waals surface area contributed by atoms with Crippen molar-refractivity contribution in [3.63, 3.8) is 0 Å². The summed E-state index contributed by atoms with van der Waals surface area (Å²) in [5.74, 6) is 0.824. The van der Waals surface area contributed by atoms with Gasteiger partial charge in [0.2, 0.25) is 0 Å². The predicted octanol–water partition coefficient (Wildman–Crippen LogP) is 1.91. The molecule has 0 aromatic carbocycles. The molecule has 0 radical (unpaired) electrons. The van der Waals surface area contributed by atoms with Gasteiger partial charge in [-0.25, -0.2) is 0 Å². The molecule has 3 nitrogen and oxygen atoms in total. The van der Waals surface area contributed by atoms with Gasteiger partial charge in [-0.2, -0.15) is 0 Å². The van der Waals surface area contributed by atoms with E-state index in [1.54, 1.807) is 0 Å². The van der Waals surface area contributed by atoms with Gasteiger partial charge in [-0.1, -0.05) is 20.3 Å². The van der Waals surface area contributed by atoms with Gasteiger partial charge in [-0.3, -0.25) is 0 Å². The molecule has 1 atom stereocenters. The van der Waals surface area contributed by atoms with Crippen molar-refractivity contribution in [2.45, 2.75) is 58.0 Å². The van der Waals surface area contributed by atoms with Crippen molar-refractivity contribution < 1.29 is 4.74 Å². The Morgan fingerprint density at radius 2 is 1.81 bits per heavy atom. The number of nitrogens with two attached hydrogens (primary N) is 1. The van der Waals surface area contributed by atoms with Crippen LogP contribution >= 0.6 is 0 Å². The number of ether oxygens (including phenoxy) is 1. The van der Waals surface area contributed by atoms with E-state index >= 15 is 0 Å². The molecule has 96 valence electrons. The third-order valence-electron chi connectivity index (χ3n) is 3.42. The molecule has 1 unspecified atom stereocenters. The lowest BCUT2D eigenvalue weighted by atomic mass is 9.95. The average molecular weight is 228 g/mol. The molecule has 0 amide bonds. The first kappa shape index (κ1) is 13.9. The van der Waals surface area contributed by atoms with Crippen molar-refractivity contribution in [3.05, 3.63) is 0 Å². The van der Waals surface area contributed by atoms with Crippen molar-refractivity contribution >= 4 is 0 Å². The molecule has 2 heterocycles. The van der Waals surface area contributed by atoms with Crippen LogP contribution in [0.25, 0.3) is 0 Å². The Labute approximate surface area is 100 Å². The molecule has 0 aliphatic carbocycles. The topological polar surface area (TPSA) is 47.3 Å². The van der Waals surface area contributed by atoms with Gasteiger partial charge in [0.1, 0.15) is 0 Å². The highest BCUT2D eigenvalue weighted by Crippen LogP contribution is 2.13. The van der Waals surface area contributed by atoms with Gasteiger partial charge in [0.15, 0.2) is 0 Å². The number of nitrogens with one attached hydrogen (secondary N) is 1. The normalized spacial score (nSPS) is 27.4. The summed E-state index contributed by atoms with van der Waals surface area (Å²) in [6.07, 6.45) is 6.27. The number of piperidine rings is 1. The highest BCUT2D eigenvalue weighted by atomic mass is 16.5. The van der Waals surface area contributed by atoms with Crippen molar-refractivity contribution in [1.29, 1.82) is 0 Å². The standard InChI is InChI=1S/C8H17N.C5H11NO/c1-7(2)8-5-3-4-6-9-8;6-5-1-3-7-4-2-5/h7-9H,3-6H2,1-2H3;5H,1-4,6H2. The largest absolute Gasteiger partial charge is 0.381 e. The van der Waals surface area contributed by atoms with Gasteiger partial charge >= 0.3 is 0 Å². The molecular weight excluding hydrogens is 200 g/mol. The third-order valence-corrected chi connectivity index (χ3v) is 3.42. The molecule has 16 heavy (non-hydrogen) atoms. The summed E-state index contributed by atoms with van der Waals surface area (Å²) >= 11 is 0. The van der Waals surface area contributed by atoms with Crippen LogP contribution in [-0.2, 0) is 4.74 Å². The molecule has 0 spiro atoms. The molecule has 3 heteroatoms. The Bertz CT molecular complexity index is 161. The van der Waals surface area contributed by atoms with E-state index in [1.165, 1.54) is 25.8 Å². The second-order valence-corrected chi connectivity index (χ2v) is 5.25. The Morgan fingerprint density at radius 1 is 1.12 bits per heavy atom. The lowest BCUT2D eigenvalue weighted by molar-refractivity contribution is 0.0866. The molecule has 3 N–H and O–H groups in total. The van der Waals surface area contributed by atoms with E-state index in [1.807, 2.05) is 0 Å². The minimum atomic E-state index is 0.411. The molecule has 2 saturated heterocycles. The van der Waals surface area contributed by atoms with Crippen molar-refractivity contribution in [2.75, 3.05) is 19.8 Å². The summed E-state index contributed by atoms with van der Waals surface area (Å²) in [6.45, 7) is 7.55. The predicted molar refractivity (Wildman–Crippen MR) is 68.5 cm³/mol. The fourth-order valence-electron chi connectivity index (χ4n) is 2.16. The van der Waals surface area contributed by atoms with E-state index in [9.17, 15) is 0 Å². The van der Waals surface area contributed by atoms with E-state index in [0.717, 1.165) is 38.0 Å². The molecule has 0 aromatic heterocycles. The molecule has 0 aromatic rings. The molecule has 2 aliphatic rings. The summed E-state index contributed by atoms with van der Waals surface area (Å²) in [5.41, 5.74) is 5.55. The van der Waals surface area contributed by atoms with E-state index in [0.29, 0.717) is 6.04 Å². The van der Waals surface area contributed by atoms with E-state index in [-0.39, 0.29) is 0 Å². The fourth-order valence-corrected chi connectivity index (χ4v) is 2.16. The summed E-state index contributed by atoms with van der Waals surface area (Å²) in [7, 11) is 0. The maximum absolute atomic E-state index is 5.55. The van der Waals surface area contributed by atoms with Crippen molar-refractivity contribution in [1.82, 2.24) is 5.32 Å². The Kier molecular flexibility index (Phi) is 7.01. The van der Waals surface area contributed by atoms with Gasteiger partial charge < -0.3 is 15.8 Å². The number of rotatable bonds is 1. The summed E-state index contributed by atoms with van der Waals surface area (Å²) in [6, 6.07) is 1.22. The molecule has 0 bridgehead atoms. The molecule has 2 fully saturated rings. The van der Waals surface area contributed by atoms with Gasteiger partial charge in [0.25, 0.3) is 0 Å². The van der Waals surface area contributed by atoms with Gasteiger partial charge in [-0.15, -0.1) is 0 Å². The van der Waals surface area contributed by atoms with Crippen LogP contribution in [0.5, 0.6) is 0 Å². The van der Waals surface area contributed by atoms with Crippen molar-refractivity contribution in [2.24, 2.45) is 11.7 Å². The maximum Gasteiger partial charge on any atom is 0.0480 e. The van der Waals surface area contributed by atoms with Crippen LogP contribution in [0.1, 0.15) is 46.0 Å². The van der Waals surface area contributed by atoms with Gasteiger partial charge in [-0.05, 0) is 38.1 Å². The molecule has 2 aliphatic heterocycles. The quantitative estimate of drug-likeness (QED) is 0.720. The zero-order chi connectivity index (χ0) is 11.8. The highest BCUT2D eigenvalue weighted by molar-refractivity contribution is 4.74. The van der Waals surface area contributed by atoms with Crippen LogP contribution in [-0.4, -0.2) is 31.8 Å². The third kappa shape index (κ3) is 5.83. The molecule has 0 saturated carbocycles. The summed E-state index contributed by atoms with van der Waals surface area (Å²) in [4.78, 5) is 0. The smallest absolute Gasteiger partial charge is 0.0480 e. The summed E-state index contributed by atoms with van der Waals surface area (Å²) < 4.78 is 5.06. The van der Waals surface area contributed by atoms with Crippen molar-refractivity contribution in [3.8, 4) is 0 Å². The summed E-state index contributed by atoms with van der Waals surface area (Å²) in [5, 5.41) is 3.52. The van der Waals surface area contributed by atoms with E-state index < -0.39 is 0 Å². The second kappa shape index (κ2) is 8.04. The van der Waals surface area contributed by atoms with E-state index in [4.69, 9.17) is 10.5 Å². The first-order valence-corrected chi connectivity index (χ1v) is 6.77. The molecular formula is C13H28N2O. The number of hydrogen-bond donors (Lipinski definition) is 2. The van der Waals surface area contributed by atoms with Crippen LogP contribution in [0.4, 0.5) is 0 Å². The Hall–Kier alpha value is -0.120. The van der Waals surface area contributed by atoms with Crippen LogP contribution in [0.2, 0.25) is 0 Å². The molecule has 2 rings (SSSR count). The fraction of sp³-hybridized carbons (Fsp3) is 1.00. The Morgan fingerprint density at radius 3 is 2.12 bits per heavy atom. The zero-order valence-electron chi connectivity index (χ0n) is 10.9. The second-order valence-electron chi connectivity index (χ2n) is 5.25. The lowest BCUT2D eigenvalue weighted by Gasteiger charge is -2.26. The first-order valence-electron chi connectivity index (χ1n) is 6.77. The minimum Gasteiger partial charge on any atom is -0.381 e. The van der Waals surface area contributed by atoms with Crippen LogP contribution in [0, 0.1) is 5.92 Å². The monoisotopic (exact) mass is 228 g/mol. The van der Waals surface area contributed by atoms with E-state index in [2.05, 4.69) is 19.2 Å². The SMILES string of the molecule is CC(C)C1CCCCN1.NC1CCOCC1. The lowest BCUT2D eigenvalue weighted by Crippen LogP contribution is -2.37. The Balaban J connectivity index is 0.000000165. The van der Waals surface area contributed by atoms with Gasteiger partial charge in [0, 0.05) is 25.3 Å². The van der Waals surface area contributed by atoms with Crippen LogP contribution in [0.15, 0.2) is 0 Å². The van der Waals surface area contributed by atoms with Crippen LogP contribution in [0.3, 0.4) is 0 Å².